The Morgan fingerprint density at radius 1 is 1.60 bits per heavy atom. The average Bonchev–Trinajstić information content (AvgIpc) is 1.91. The SMILES string of the molecule is C#CC.CC=N/C=C\CC. The number of terminal acetylenes is 1. The van der Waals surface area contributed by atoms with Gasteiger partial charge in [0.1, 0.15) is 0 Å². The maximum atomic E-state index is 4.60. The van der Waals surface area contributed by atoms with E-state index in [1.807, 2.05) is 13.0 Å². The van der Waals surface area contributed by atoms with Crippen LogP contribution in [0.25, 0.3) is 0 Å². The van der Waals surface area contributed by atoms with Crippen molar-refractivity contribution in [3.63, 3.8) is 0 Å². The minimum Gasteiger partial charge on any atom is -0.270 e. The lowest BCUT2D eigenvalue weighted by Crippen LogP contribution is -1.53. The van der Waals surface area contributed by atoms with Crippen LogP contribution in [0, 0.1) is 12.3 Å². The molecule has 56 valence electrons. The Morgan fingerprint density at radius 3 is 2.40 bits per heavy atom. The highest BCUT2D eigenvalue weighted by molar-refractivity contribution is 5.54. The van der Waals surface area contributed by atoms with Crippen LogP contribution >= 0.6 is 0 Å². The van der Waals surface area contributed by atoms with Crippen molar-refractivity contribution in [2.24, 2.45) is 4.99 Å². The molecule has 0 amide bonds. The summed E-state index contributed by atoms with van der Waals surface area (Å²) in [6, 6.07) is 0. The summed E-state index contributed by atoms with van der Waals surface area (Å²) in [6.45, 7) is 5.64. The summed E-state index contributed by atoms with van der Waals surface area (Å²) in [5, 5.41) is 0. The van der Waals surface area contributed by atoms with Crippen molar-refractivity contribution < 1.29 is 0 Å². The van der Waals surface area contributed by atoms with E-state index in [4.69, 9.17) is 0 Å². The Kier molecular flexibility index (Phi) is 18.4. The fourth-order valence-corrected chi connectivity index (χ4v) is 0.252. The third-order valence-electron chi connectivity index (χ3n) is 0.576. The summed E-state index contributed by atoms with van der Waals surface area (Å²) in [7, 11) is 0. The van der Waals surface area contributed by atoms with Gasteiger partial charge in [0.05, 0.1) is 0 Å². The molecule has 0 fully saturated rings. The molecule has 0 aromatic rings. The first-order valence-corrected chi connectivity index (χ1v) is 3.33. The Morgan fingerprint density at radius 2 is 2.10 bits per heavy atom. The number of hydrogen-bond acceptors (Lipinski definition) is 1. The van der Waals surface area contributed by atoms with Crippen molar-refractivity contribution in [2.45, 2.75) is 27.2 Å². The van der Waals surface area contributed by atoms with Crippen molar-refractivity contribution in [3.8, 4) is 12.3 Å². The first kappa shape index (κ1) is 11.7. The summed E-state index contributed by atoms with van der Waals surface area (Å²) in [5.41, 5.74) is 0. The van der Waals surface area contributed by atoms with Crippen molar-refractivity contribution in [2.75, 3.05) is 0 Å². The highest BCUT2D eigenvalue weighted by Gasteiger charge is 1.58. The molecule has 1 heteroatoms. The molecule has 0 bridgehead atoms. The number of allylic oxidation sites excluding steroid dienone is 1. The molecule has 0 saturated carbocycles. The first-order valence-electron chi connectivity index (χ1n) is 3.33. The largest absolute Gasteiger partial charge is 0.270 e. The monoisotopic (exact) mass is 137 g/mol. The maximum absolute atomic E-state index is 4.60. The van der Waals surface area contributed by atoms with E-state index < -0.39 is 0 Å². The third kappa shape index (κ3) is 28.2. The normalized spacial score (nSPS) is 9.00. The predicted octanol–water partition coefficient (Wildman–Crippen LogP) is 2.64. The Balaban J connectivity index is 0. The van der Waals surface area contributed by atoms with E-state index in [1.54, 1.807) is 19.3 Å². The zero-order chi connectivity index (χ0) is 8.24. The summed E-state index contributed by atoms with van der Waals surface area (Å²) in [6.07, 6.45) is 11.3. The van der Waals surface area contributed by atoms with Crippen LogP contribution in [-0.4, -0.2) is 6.21 Å². The Hall–Kier alpha value is -1.03. The summed E-state index contributed by atoms with van der Waals surface area (Å²) >= 11 is 0. The lowest BCUT2D eigenvalue weighted by atomic mass is 10.5. The van der Waals surface area contributed by atoms with Crippen LogP contribution in [0.4, 0.5) is 0 Å². The van der Waals surface area contributed by atoms with Crippen LogP contribution < -0.4 is 0 Å². The van der Waals surface area contributed by atoms with Gasteiger partial charge in [0.15, 0.2) is 0 Å². The van der Waals surface area contributed by atoms with Crippen LogP contribution in [-0.2, 0) is 0 Å². The molecule has 0 aliphatic heterocycles. The molecule has 10 heavy (non-hydrogen) atoms. The molecule has 0 aromatic heterocycles. The van der Waals surface area contributed by atoms with E-state index in [9.17, 15) is 0 Å². The van der Waals surface area contributed by atoms with Gasteiger partial charge >= 0.3 is 0 Å². The molecule has 0 radical (unpaired) electrons. The second kappa shape index (κ2) is 15.7. The highest BCUT2D eigenvalue weighted by Crippen LogP contribution is 1.77. The molecule has 1 nitrogen and oxygen atoms in total. The van der Waals surface area contributed by atoms with Gasteiger partial charge in [0.2, 0.25) is 0 Å². The van der Waals surface area contributed by atoms with Crippen molar-refractivity contribution >= 4 is 6.21 Å². The van der Waals surface area contributed by atoms with Gasteiger partial charge in [-0.2, -0.15) is 0 Å². The fraction of sp³-hybridized carbons (Fsp3) is 0.444. The van der Waals surface area contributed by atoms with E-state index in [-0.39, 0.29) is 0 Å². The van der Waals surface area contributed by atoms with Gasteiger partial charge < -0.3 is 0 Å². The standard InChI is InChI=1S/C6H11N.C3H4/c1-3-5-6-7-4-2;1-3-2/h4-6H,3H2,1-2H3;1H,2H3/b6-5-,7-4?;. The molecule has 0 aliphatic carbocycles. The van der Waals surface area contributed by atoms with Gasteiger partial charge in [-0.15, -0.1) is 12.3 Å². The van der Waals surface area contributed by atoms with E-state index >= 15 is 0 Å². The van der Waals surface area contributed by atoms with Crippen LogP contribution in [0.3, 0.4) is 0 Å². The van der Waals surface area contributed by atoms with Crippen LogP contribution in [0.1, 0.15) is 27.2 Å². The summed E-state index contributed by atoms with van der Waals surface area (Å²) < 4.78 is 0. The van der Waals surface area contributed by atoms with E-state index in [0.717, 1.165) is 6.42 Å². The molecule has 0 rings (SSSR count). The van der Waals surface area contributed by atoms with Gasteiger partial charge in [0.25, 0.3) is 0 Å². The number of rotatable bonds is 2. The van der Waals surface area contributed by atoms with E-state index in [0.29, 0.717) is 0 Å². The van der Waals surface area contributed by atoms with Gasteiger partial charge in [-0.05, 0) is 20.3 Å². The summed E-state index contributed by atoms with van der Waals surface area (Å²) in [5.74, 6) is 2.25. The van der Waals surface area contributed by atoms with E-state index in [1.165, 1.54) is 0 Å². The number of aliphatic imine (C=N–C) groups is 1. The van der Waals surface area contributed by atoms with Crippen LogP contribution in [0.5, 0.6) is 0 Å². The summed E-state index contributed by atoms with van der Waals surface area (Å²) in [4.78, 5) is 3.86. The fourth-order valence-electron chi connectivity index (χ4n) is 0.252. The predicted molar refractivity (Wildman–Crippen MR) is 48.1 cm³/mol. The van der Waals surface area contributed by atoms with Crippen molar-refractivity contribution in [1.29, 1.82) is 0 Å². The molecule has 0 aliphatic rings. The second-order valence-corrected chi connectivity index (χ2v) is 1.49. The molecule has 0 N–H and O–H groups in total. The van der Waals surface area contributed by atoms with Crippen LogP contribution in [0.2, 0.25) is 0 Å². The van der Waals surface area contributed by atoms with Gasteiger partial charge in [-0.3, -0.25) is 4.99 Å². The maximum Gasteiger partial charge on any atom is 0.0223 e. The van der Waals surface area contributed by atoms with Crippen molar-refractivity contribution in [1.82, 2.24) is 0 Å². The number of nitrogens with zero attached hydrogens (tertiary/aromatic N) is 1. The molecule has 0 atom stereocenters. The minimum absolute atomic E-state index is 1.07. The van der Waals surface area contributed by atoms with Gasteiger partial charge in [-0.25, -0.2) is 0 Å². The third-order valence-corrected chi connectivity index (χ3v) is 0.576. The second-order valence-electron chi connectivity index (χ2n) is 1.49. The number of hydrogen-bond donors (Lipinski definition) is 0. The smallest absolute Gasteiger partial charge is 0.0223 e. The molecular weight excluding hydrogens is 122 g/mol. The average molecular weight is 137 g/mol. The quantitative estimate of drug-likeness (QED) is 0.410. The molecule has 0 heterocycles. The van der Waals surface area contributed by atoms with Crippen LogP contribution in [0.15, 0.2) is 17.3 Å². The molecule has 0 unspecified atom stereocenters. The topological polar surface area (TPSA) is 12.4 Å². The zero-order valence-corrected chi connectivity index (χ0v) is 6.96. The first-order chi connectivity index (χ1) is 4.83. The Bertz CT molecular complexity index is 126. The van der Waals surface area contributed by atoms with E-state index in [2.05, 4.69) is 24.3 Å². The zero-order valence-electron chi connectivity index (χ0n) is 6.96. The molecule has 0 spiro atoms. The van der Waals surface area contributed by atoms with Gasteiger partial charge in [-0.1, -0.05) is 13.0 Å². The Labute approximate surface area is 63.9 Å². The van der Waals surface area contributed by atoms with Gasteiger partial charge in [0, 0.05) is 12.4 Å². The lowest BCUT2D eigenvalue weighted by molar-refractivity contribution is 1.21. The van der Waals surface area contributed by atoms with Crippen molar-refractivity contribution in [3.05, 3.63) is 12.3 Å². The molecule has 0 aromatic carbocycles. The molecule has 0 saturated heterocycles. The minimum atomic E-state index is 1.07. The molecular formula is C9H15N. The lowest BCUT2D eigenvalue weighted by Gasteiger charge is -1.71. The highest BCUT2D eigenvalue weighted by atomic mass is 14.6.